The third-order valence-electron chi connectivity index (χ3n) is 27.3. The van der Waals surface area contributed by atoms with Crippen LogP contribution in [-0.4, -0.2) is 58.2 Å². The fourth-order valence-electron chi connectivity index (χ4n) is 18.8. The highest BCUT2D eigenvalue weighted by atomic mass is 79.9. The molecule has 24 aromatic rings. The minimum atomic E-state index is -0.483. The Balaban J connectivity index is 0.000000129. The van der Waals surface area contributed by atoms with Crippen molar-refractivity contribution in [1.29, 1.82) is 0 Å². The summed E-state index contributed by atoms with van der Waals surface area (Å²) < 4.78 is 13.7. The fraction of sp³-hybridized carbons (Fsp3) is 0.0462. The second-order valence-corrected chi connectivity index (χ2v) is 37.8. The topological polar surface area (TPSA) is 122 Å². The molecule has 1 aliphatic heterocycles. The summed E-state index contributed by atoms with van der Waals surface area (Å²) in [7, 11) is -0.483. The van der Waals surface area contributed by atoms with Gasteiger partial charge in [0.1, 0.15) is 0 Å². The summed E-state index contributed by atoms with van der Waals surface area (Å²) in [5.74, 6) is 3.78. The predicted octanol–water partition coefficient (Wildman–Crippen LogP) is 33.2. The Morgan fingerprint density at radius 1 is 0.176 bits per heavy atom. The minimum Gasteiger partial charge on any atom is -0.398 e. The van der Waals surface area contributed by atoms with E-state index >= 15 is 0 Å². The summed E-state index contributed by atoms with van der Waals surface area (Å²) in [4.78, 5) is 40.4. The minimum absolute atomic E-state index is 0.395. The zero-order valence-electron chi connectivity index (χ0n) is 78.5. The largest absolute Gasteiger partial charge is 0.515 e. The third kappa shape index (κ3) is 18.5. The molecule has 0 unspecified atom stereocenters. The lowest BCUT2D eigenvalue weighted by molar-refractivity contribution is 0.00578. The van der Waals surface area contributed by atoms with Crippen molar-refractivity contribution in [2.75, 3.05) is 0 Å². The van der Waals surface area contributed by atoms with Crippen LogP contribution in [0.3, 0.4) is 0 Å². The van der Waals surface area contributed by atoms with Gasteiger partial charge in [-0.25, -0.2) is 34.9 Å². The van der Waals surface area contributed by atoms with Crippen LogP contribution in [0, 0.1) is 0 Å². The molecule has 0 N–H and O–H groups in total. The van der Waals surface area contributed by atoms with Crippen molar-refractivity contribution in [2.24, 2.45) is 0 Å². The van der Waals surface area contributed by atoms with E-state index in [9.17, 15) is 0 Å². The SMILES string of the molecule is Brc1ccc(-c2cccc(-c3ccc(-c4nc(-c5ccc(-c6ccccc6)cc5)nc(-c5ccc(-c6ccccc6)cc5)n4)cc3)c2)cc1.CC1(C)OB(c2nc3ccccc3c3cc4ccccc4cc23)OC1(C)C.c1ccc(-c2ccc(-c3nc(-c4ccc(-c5ccccc5)cc4)nc(-c4ccc(-c5cccc(-c6ccc(-c7nc8ccccc8c8cc9ccccc9cc78)cc6)c5)cc4)n3)cc2)cc1. The van der Waals surface area contributed by atoms with Crippen LogP contribution in [0.2, 0.25) is 0 Å². The molecule has 0 bridgehead atoms. The van der Waals surface area contributed by atoms with Crippen LogP contribution in [0.4, 0.5) is 0 Å². The Labute approximate surface area is 833 Å². The van der Waals surface area contributed by atoms with Crippen LogP contribution in [-0.2, 0) is 9.31 Å². The molecule has 12 heteroatoms. The van der Waals surface area contributed by atoms with Crippen molar-refractivity contribution in [3.63, 3.8) is 0 Å². The van der Waals surface area contributed by atoms with Gasteiger partial charge in [0.25, 0.3) is 0 Å². The molecule has 0 saturated carbocycles. The summed E-state index contributed by atoms with van der Waals surface area (Å²) in [5, 5.41) is 11.8. The average molecular weight is 1890 g/mol. The van der Waals surface area contributed by atoms with Crippen molar-refractivity contribution < 1.29 is 9.31 Å². The number of pyridine rings is 2. The summed E-state index contributed by atoms with van der Waals surface area (Å²) in [5.41, 5.74) is 28.1. The van der Waals surface area contributed by atoms with Crippen LogP contribution in [0.15, 0.2) is 490 Å². The van der Waals surface area contributed by atoms with Gasteiger partial charge < -0.3 is 9.31 Å². The first-order valence-corrected chi connectivity index (χ1v) is 48.7. The summed E-state index contributed by atoms with van der Waals surface area (Å²) in [6.45, 7) is 8.30. The van der Waals surface area contributed by atoms with Gasteiger partial charge in [-0.2, -0.15) is 0 Å². The highest BCUT2D eigenvalue weighted by molar-refractivity contribution is 9.10. The molecule has 5 heterocycles. The molecule has 674 valence electrons. The molecule has 0 amide bonds. The van der Waals surface area contributed by atoms with Gasteiger partial charge in [-0.1, -0.05) is 441 Å². The Morgan fingerprint density at radius 2 is 0.394 bits per heavy atom. The van der Waals surface area contributed by atoms with Crippen molar-refractivity contribution in [3.05, 3.63) is 490 Å². The number of hydrogen-bond acceptors (Lipinski definition) is 10. The molecule has 25 rings (SSSR count). The van der Waals surface area contributed by atoms with E-state index < -0.39 is 18.3 Å². The van der Waals surface area contributed by atoms with Gasteiger partial charge in [0.2, 0.25) is 0 Å². The van der Waals surface area contributed by atoms with Crippen LogP contribution in [0.1, 0.15) is 27.7 Å². The van der Waals surface area contributed by atoms with Crippen LogP contribution in [0.5, 0.6) is 0 Å². The summed E-state index contributed by atoms with van der Waals surface area (Å²) in [6, 6.07) is 170. The first kappa shape index (κ1) is 88.7. The number of para-hydroxylation sites is 2. The van der Waals surface area contributed by atoms with Crippen molar-refractivity contribution >= 4 is 93.5 Å². The molecule has 0 radical (unpaired) electrons. The number of aromatic nitrogens is 8. The van der Waals surface area contributed by atoms with E-state index in [1.165, 1.54) is 71.1 Å². The second kappa shape index (κ2) is 38.6. The Bertz CT molecular complexity index is 8560. The lowest BCUT2D eigenvalue weighted by Gasteiger charge is -2.32. The molecule has 4 aromatic heterocycles. The standard InChI is InChI=1S/C62H40N4.C45H30BrN3.C23H22BNO2/c1-3-12-41(13-4-1)43-24-32-48(33-25-43)60-64-61(49-34-26-44(27-35-49)42-14-5-2-6-15-42)66-62(65-60)50-36-28-46(29-37-50)52-19-11-18-51(38-52)45-22-30-47(31-23-45)59-57-40-54-17-8-7-16-53(54)39-56(57)55-20-9-10-21-58(55)63-59;46-42-28-26-36(27-29-42)41-13-7-12-40(30-41)35-18-24-39(25-19-35)45-48-43(37-20-14-33(15-21-37)31-8-3-1-4-9-31)47-44(49-45)38-22-16-34(17-23-38)32-10-5-2-6-11-32;1-22(2)23(3,4)27-24(26-22)21-19-14-16-10-6-5-9-15(16)13-18(19)17-11-7-8-12-20(17)25-21/h1-40H;1-30H;5-14H,1-4H3. The smallest absolute Gasteiger partial charge is 0.398 e. The number of halogens is 1. The van der Waals surface area contributed by atoms with Crippen molar-refractivity contribution in [1.82, 2.24) is 39.9 Å². The number of fused-ring (bicyclic) bond motifs is 8. The van der Waals surface area contributed by atoms with Gasteiger partial charge in [0.05, 0.1) is 33.5 Å². The van der Waals surface area contributed by atoms with Gasteiger partial charge >= 0.3 is 7.12 Å². The van der Waals surface area contributed by atoms with E-state index in [1.807, 2.05) is 30.3 Å². The molecule has 10 nitrogen and oxygen atoms in total. The molecule has 1 saturated heterocycles. The van der Waals surface area contributed by atoms with Crippen LogP contribution < -0.4 is 5.59 Å². The zero-order valence-corrected chi connectivity index (χ0v) is 80.1. The molecular weight excluding hydrogens is 1800 g/mol. The monoisotopic (exact) mass is 1890 g/mol. The van der Waals surface area contributed by atoms with Crippen molar-refractivity contribution in [3.8, 4) is 169 Å². The van der Waals surface area contributed by atoms with E-state index in [-0.39, 0.29) is 0 Å². The third-order valence-corrected chi connectivity index (χ3v) is 27.8. The fourth-order valence-corrected chi connectivity index (χ4v) is 19.1. The van der Waals surface area contributed by atoms with E-state index in [0.29, 0.717) is 34.9 Å². The maximum atomic E-state index is 6.33. The maximum Gasteiger partial charge on any atom is 0.515 e. The number of hydrogen-bond donors (Lipinski definition) is 0. The van der Waals surface area contributed by atoms with Crippen molar-refractivity contribution in [2.45, 2.75) is 38.9 Å². The molecular formula is C130H92BBrN8O2. The molecule has 1 fully saturated rings. The summed E-state index contributed by atoms with van der Waals surface area (Å²) in [6.07, 6.45) is 0. The summed E-state index contributed by atoms with van der Waals surface area (Å²) >= 11 is 3.54. The van der Waals surface area contributed by atoms with Gasteiger partial charge in [-0.05, 0) is 210 Å². The molecule has 20 aromatic carbocycles. The number of benzene rings is 20. The Kier molecular flexibility index (Phi) is 24.1. The lowest BCUT2D eigenvalue weighted by atomic mass is 9.79. The van der Waals surface area contributed by atoms with Gasteiger partial charge in [0.15, 0.2) is 34.9 Å². The van der Waals surface area contributed by atoms with E-state index in [1.54, 1.807) is 0 Å². The maximum absolute atomic E-state index is 6.33. The highest BCUT2D eigenvalue weighted by Crippen LogP contribution is 2.43. The quantitative estimate of drug-likeness (QED) is 0.0525. The van der Waals surface area contributed by atoms with Crippen LogP contribution in [0.25, 0.3) is 233 Å². The molecule has 0 atom stereocenters. The Hall–Kier alpha value is -17.3. The predicted molar refractivity (Wildman–Crippen MR) is 592 cm³/mol. The number of nitrogens with zero attached hydrogens (tertiary/aromatic N) is 8. The normalized spacial score (nSPS) is 12.6. The first-order chi connectivity index (χ1) is 69.7. The molecule has 142 heavy (non-hydrogen) atoms. The number of rotatable bonds is 16. The van der Waals surface area contributed by atoms with E-state index in [4.69, 9.17) is 49.2 Å². The second-order valence-electron chi connectivity index (χ2n) is 36.9. The van der Waals surface area contributed by atoms with Gasteiger partial charge in [-0.3, -0.25) is 4.98 Å². The Morgan fingerprint density at radius 3 is 0.704 bits per heavy atom. The zero-order chi connectivity index (χ0) is 95.6. The molecule has 1 aliphatic rings. The van der Waals surface area contributed by atoms with E-state index in [2.05, 4.69) is 499 Å². The van der Waals surface area contributed by atoms with Gasteiger partial charge in [-0.15, -0.1) is 0 Å². The van der Waals surface area contributed by atoms with Gasteiger partial charge in [0, 0.05) is 65.0 Å². The molecule has 0 aliphatic carbocycles. The average Bonchev–Trinajstić information content (AvgIpc) is 0.963. The molecule has 0 spiro atoms. The highest BCUT2D eigenvalue weighted by Gasteiger charge is 2.53. The lowest BCUT2D eigenvalue weighted by Crippen LogP contribution is -2.41. The van der Waals surface area contributed by atoms with Crippen LogP contribution >= 0.6 is 15.9 Å². The first-order valence-electron chi connectivity index (χ1n) is 47.9. The van der Waals surface area contributed by atoms with E-state index in [0.717, 1.165) is 138 Å².